The second-order valence-electron chi connectivity index (χ2n) is 7.30. The van der Waals surface area contributed by atoms with Crippen LogP contribution in [0.4, 0.5) is 5.69 Å². The van der Waals surface area contributed by atoms with Crippen molar-refractivity contribution in [1.82, 2.24) is 9.88 Å². The topological polar surface area (TPSA) is 59.6 Å². The number of aromatic amines is 1. The van der Waals surface area contributed by atoms with Gasteiger partial charge in [0.1, 0.15) is 0 Å². The van der Waals surface area contributed by atoms with E-state index < -0.39 is 0 Å². The first kappa shape index (κ1) is 16.2. The molecule has 4 rings (SSSR count). The Kier molecular flexibility index (Phi) is 4.25. The molecule has 1 saturated heterocycles. The maximum absolute atomic E-state index is 11.6. The van der Waals surface area contributed by atoms with Crippen LogP contribution in [0.25, 0.3) is 0 Å². The maximum Gasteiger partial charge on any atom is 0.223 e. The summed E-state index contributed by atoms with van der Waals surface area (Å²) in [6.45, 7) is 5.11. The van der Waals surface area contributed by atoms with Crippen molar-refractivity contribution in [3.05, 3.63) is 58.0 Å². The van der Waals surface area contributed by atoms with Gasteiger partial charge in [-0.25, -0.2) is 0 Å². The van der Waals surface area contributed by atoms with Crippen LogP contribution in [-0.4, -0.2) is 40.2 Å². The molecule has 1 aromatic carbocycles. The lowest BCUT2D eigenvalue weighted by Gasteiger charge is -2.40. The number of pyridine rings is 1. The van der Waals surface area contributed by atoms with E-state index in [1.54, 1.807) is 0 Å². The van der Waals surface area contributed by atoms with Gasteiger partial charge in [-0.3, -0.25) is 9.69 Å². The van der Waals surface area contributed by atoms with Gasteiger partial charge in [-0.15, -0.1) is 0 Å². The molecule has 1 unspecified atom stereocenters. The average Bonchev–Trinajstić information content (AvgIpc) is 2.95. The van der Waals surface area contributed by atoms with E-state index in [1.165, 1.54) is 23.5 Å². The Balaban J connectivity index is 1.40. The van der Waals surface area contributed by atoms with E-state index in [1.807, 2.05) is 0 Å². The van der Waals surface area contributed by atoms with E-state index in [9.17, 15) is 9.90 Å². The molecule has 0 bridgehead atoms. The Morgan fingerprint density at radius 1 is 1.24 bits per heavy atom. The number of nitrogens with zero attached hydrogens (tertiary/aromatic N) is 2. The van der Waals surface area contributed by atoms with Crippen molar-refractivity contribution >= 4 is 5.69 Å². The number of rotatable bonds is 3. The van der Waals surface area contributed by atoms with Crippen LogP contribution in [0.3, 0.4) is 0 Å². The Bertz CT molecular complexity index is 809. The molecule has 0 spiro atoms. The summed E-state index contributed by atoms with van der Waals surface area (Å²) >= 11 is 0. The van der Waals surface area contributed by atoms with E-state index in [-0.39, 0.29) is 11.2 Å². The average molecular weight is 339 g/mol. The summed E-state index contributed by atoms with van der Waals surface area (Å²) in [5.74, 6) is -0.218. The molecule has 3 heterocycles. The molecule has 0 saturated carbocycles. The van der Waals surface area contributed by atoms with E-state index in [0.29, 0.717) is 12.1 Å². The minimum Gasteiger partial charge on any atom is -0.503 e. The SMILES string of the molecule is CC1Cc2ccccc2N1C1CCN(Cc2cc(=O)c(O)c[nH]2)CC1. The first-order valence-electron chi connectivity index (χ1n) is 9.11. The van der Waals surface area contributed by atoms with Crippen molar-refractivity contribution < 1.29 is 5.11 Å². The molecule has 2 aliphatic heterocycles. The summed E-state index contributed by atoms with van der Waals surface area (Å²) in [5, 5.41) is 9.35. The van der Waals surface area contributed by atoms with E-state index in [4.69, 9.17) is 0 Å². The van der Waals surface area contributed by atoms with Crippen LogP contribution in [0, 0.1) is 0 Å². The highest BCUT2D eigenvalue weighted by Crippen LogP contribution is 2.36. The molecule has 0 aliphatic carbocycles. The van der Waals surface area contributed by atoms with Crippen LogP contribution in [0.15, 0.2) is 41.3 Å². The number of para-hydroxylation sites is 1. The zero-order valence-corrected chi connectivity index (χ0v) is 14.6. The molecule has 0 radical (unpaired) electrons. The maximum atomic E-state index is 11.6. The fourth-order valence-electron chi connectivity index (χ4n) is 4.34. The Morgan fingerprint density at radius 2 is 2.00 bits per heavy atom. The monoisotopic (exact) mass is 339 g/mol. The number of aromatic nitrogens is 1. The van der Waals surface area contributed by atoms with E-state index in [0.717, 1.165) is 44.6 Å². The van der Waals surface area contributed by atoms with Crippen molar-refractivity contribution in [3.63, 3.8) is 0 Å². The zero-order chi connectivity index (χ0) is 17.4. The Hall–Kier alpha value is -2.27. The molecule has 2 N–H and O–H groups in total. The summed E-state index contributed by atoms with van der Waals surface area (Å²) in [5.41, 5.74) is 3.43. The number of anilines is 1. The number of H-pyrrole nitrogens is 1. The summed E-state index contributed by atoms with van der Waals surface area (Å²) in [7, 11) is 0. The second kappa shape index (κ2) is 6.56. The number of benzene rings is 1. The molecule has 5 nitrogen and oxygen atoms in total. The lowest BCUT2D eigenvalue weighted by molar-refractivity contribution is 0.197. The van der Waals surface area contributed by atoms with Gasteiger partial charge in [0.15, 0.2) is 5.75 Å². The van der Waals surface area contributed by atoms with Crippen molar-refractivity contribution in [2.45, 2.75) is 44.8 Å². The van der Waals surface area contributed by atoms with Crippen LogP contribution in [0.5, 0.6) is 5.75 Å². The molecular formula is C20H25N3O2. The largest absolute Gasteiger partial charge is 0.503 e. The molecular weight excluding hydrogens is 314 g/mol. The third kappa shape index (κ3) is 3.16. The first-order valence-corrected chi connectivity index (χ1v) is 9.11. The van der Waals surface area contributed by atoms with Crippen molar-refractivity contribution in [2.75, 3.05) is 18.0 Å². The summed E-state index contributed by atoms with van der Waals surface area (Å²) in [4.78, 5) is 19.6. The number of nitrogens with one attached hydrogen (secondary N) is 1. The van der Waals surface area contributed by atoms with Gasteiger partial charge in [0.05, 0.1) is 0 Å². The Labute approximate surface area is 147 Å². The second-order valence-corrected chi connectivity index (χ2v) is 7.30. The molecule has 1 aromatic heterocycles. The van der Waals surface area contributed by atoms with Gasteiger partial charge in [0, 0.05) is 55.4 Å². The highest BCUT2D eigenvalue weighted by Gasteiger charge is 2.33. The first-order chi connectivity index (χ1) is 12.1. The molecule has 1 atom stereocenters. The lowest BCUT2D eigenvalue weighted by atomic mass is 10.0. The van der Waals surface area contributed by atoms with Gasteiger partial charge in [0.25, 0.3) is 0 Å². The fourth-order valence-corrected chi connectivity index (χ4v) is 4.34. The van der Waals surface area contributed by atoms with Gasteiger partial charge in [-0.1, -0.05) is 18.2 Å². The van der Waals surface area contributed by atoms with E-state index in [2.05, 4.69) is 46.0 Å². The van der Waals surface area contributed by atoms with Gasteiger partial charge in [0.2, 0.25) is 5.43 Å². The summed E-state index contributed by atoms with van der Waals surface area (Å²) in [6, 6.07) is 11.4. The molecule has 0 amide bonds. The predicted molar refractivity (Wildman–Crippen MR) is 99.1 cm³/mol. The molecule has 132 valence electrons. The van der Waals surface area contributed by atoms with Crippen LogP contribution in [0.1, 0.15) is 31.0 Å². The van der Waals surface area contributed by atoms with Crippen LogP contribution in [-0.2, 0) is 13.0 Å². The van der Waals surface area contributed by atoms with Crippen LogP contribution < -0.4 is 10.3 Å². The summed E-state index contributed by atoms with van der Waals surface area (Å²) < 4.78 is 0. The lowest BCUT2D eigenvalue weighted by Crippen LogP contribution is -2.47. The minimum atomic E-state index is -0.314. The van der Waals surface area contributed by atoms with Crippen LogP contribution in [0.2, 0.25) is 0 Å². The van der Waals surface area contributed by atoms with Crippen LogP contribution >= 0.6 is 0 Å². The zero-order valence-electron chi connectivity index (χ0n) is 14.6. The van der Waals surface area contributed by atoms with Crippen molar-refractivity contribution in [1.29, 1.82) is 0 Å². The molecule has 25 heavy (non-hydrogen) atoms. The Morgan fingerprint density at radius 3 is 2.76 bits per heavy atom. The number of piperidine rings is 1. The van der Waals surface area contributed by atoms with Gasteiger partial charge in [-0.2, -0.15) is 0 Å². The molecule has 1 fully saturated rings. The molecule has 2 aromatic rings. The third-order valence-corrected chi connectivity index (χ3v) is 5.56. The number of aromatic hydroxyl groups is 1. The standard InChI is InChI=1S/C20H25N3O2/c1-14-10-15-4-2-3-5-18(15)23(14)17-6-8-22(9-7-17)13-16-11-19(24)20(25)12-21-16/h2-5,11-12,14,17,25H,6-10,13H2,1H3,(H,21,24). The number of likely N-dealkylation sites (tertiary alicyclic amines) is 1. The molecule has 2 aliphatic rings. The quantitative estimate of drug-likeness (QED) is 0.902. The van der Waals surface area contributed by atoms with Crippen molar-refractivity contribution in [2.24, 2.45) is 0 Å². The number of fused-ring (bicyclic) bond motifs is 1. The molecule has 5 heteroatoms. The normalized spacial score (nSPS) is 21.5. The smallest absolute Gasteiger partial charge is 0.223 e. The highest BCUT2D eigenvalue weighted by molar-refractivity contribution is 5.60. The number of hydrogen-bond acceptors (Lipinski definition) is 4. The fraction of sp³-hybridized carbons (Fsp3) is 0.450. The predicted octanol–water partition coefficient (Wildman–Crippen LogP) is 2.50. The van der Waals surface area contributed by atoms with Gasteiger partial charge >= 0.3 is 0 Å². The van der Waals surface area contributed by atoms with E-state index >= 15 is 0 Å². The minimum absolute atomic E-state index is 0.218. The third-order valence-electron chi connectivity index (χ3n) is 5.56. The van der Waals surface area contributed by atoms with Crippen molar-refractivity contribution in [3.8, 4) is 5.75 Å². The number of hydrogen-bond donors (Lipinski definition) is 2. The van der Waals surface area contributed by atoms with Gasteiger partial charge < -0.3 is 15.0 Å². The highest BCUT2D eigenvalue weighted by atomic mass is 16.3. The summed E-state index contributed by atoms with van der Waals surface area (Å²) in [6.07, 6.45) is 4.81. The van der Waals surface area contributed by atoms with Gasteiger partial charge in [-0.05, 0) is 37.8 Å².